The van der Waals surface area contributed by atoms with Crippen molar-refractivity contribution in [3.05, 3.63) is 64.3 Å². The molecular weight excluding hydrogens is 368 g/mol. The molecule has 4 rings (SSSR count). The minimum Gasteiger partial charge on any atom is -0.385 e. The molecule has 0 unspecified atom stereocenters. The number of carbonyl (C=O) groups is 1. The maximum absolute atomic E-state index is 12.7. The summed E-state index contributed by atoms with van der Waals surface area (Å²) in [7, 11) is 1.73. The molecule has 2 aromatic heterocycles. The van der Waals surface area contributed by atoms with E-state index in [2.05, 4.69) is 21.3 Å². The van der Waals surface area contributed by atoms with E-state index < -0.39 is 0 Å². The lowest BCUT2D eigenvalue weighted by atomic mass is 9.78. The number of hydrogen-bond donors (Lipinski definition) is 1. The van der Waals surface area contributed by atoms with Crippen molar-refractivity contribution in [1.82, 2.24) is 19.8 Å². The first-order chi connectivity index (χ1) is 14.2. The number of aromatic nitrogens is 2. The van der Waals surface area contributed by atoms with Crippen molar-refractivity contribution in [2.24, 2.45) is 5.92 Å². The molecule has 4 heterocycles. The van der Waals surface area contributed by atoms with Crippen molar-refractivity contribution < 1.29 is 9.53 Å². The Balaban J connectivity index is 1.54. The molecule has 2 bridgehead atoms. The van der Waals surface area contributed by atoms with Crippen LogP contribution >= 0.6 is 0 Å². The summed E-state index contributed by atoms with van der Waals surface area (Å²) in [4.78, 5) is 31.7. The average molecular weight is 396 g/mol. The van der Waals surface area contributed by atoms with Crippen LogP contribution in [0.4, 0.5) is 0 Å². The fraction of sp³-hybridized carbons (Fsp3) is 0.500. The number of hydrogen-bond acceptors (Lipinski definition) is 5. The number of ether oxygens (including phenoxy) is 1. The summed E-state index contributed by atoms with van der Waals surface area (Å²) in [5.41, 5.74) is 1.70. The van der Waals surface area contributed by atoms with Gasteiger partial charge in [-0.05, 0) is 37.0 Å². The lowest BCUT2D eigenvalue weighted by Gasteiger charge is -2.47. The summed E-state index contributed by atoms with van der Waals surface area (Å²) in [6, 6.07) is 8.91. The molecule has 7 nitrogen and oxygen atoms in total. The van der Waals surface area contributed by atoms with Crippen LogP contribution in [0.5, 0.6) is 0 Å². The van der Waals surface area contributed by atoms with Gasteiger partial charge in [0.1, 0.15) is 0 Å². The first-order valence-corrected chi connectivity index (χ1v) is 10.3. The zero-order valence-electron chi connectivity index (χ0n) is 16.8. The molecular formula is C22H28N4O3. The topological polar surface area (TPSA) is 76.5 Å². The van der Waals surface area contributed by atoms with Crippen molar-refractivity contribution in [3.63, 3.8) is 0 Å². The SMILES string of the molecule is COCCCN1C[C@H]2C[C@@H](C1)[C@H](CNC(=O)c1ccncc1)n1c2cccc1=O. The molecule has 0 aliphatic carbocycles. The maximum Gasteiger partial charge on any atom is 0.251 e. The standard InChI is InChI=1S/C22H28N4O3/c1-29-11-3-10-25-14-17-12-18(15-25)20(26-19(17)4-2-5-21(26)27)13-24-22(28)16-6-8-23-9-7-16/h2,4-9,17-18,20H,3,10-15H2,1H3,(H,24,28)/t17-,18+,20+/m1/s1. The van der Waals surface area contributed by atoms with E-state index in [1.165, 1.54) is 0 Å². The molecule has 154 valence electrons. The van der Waals surface area contributed by atoms with Crippen LogP contribution < -0.4 is 10.9 Å². The predicted octanol–water partition coefficient (Wildman–Crippen LogP) is 1.67. The summed E-state index contributed by atoms with van der Waals surface area (Å²) in [5, 5.41) is 3.04. The Hall–Kier alpha value is -2.51. The Morgan fingerprint density at radius 3 is 2.86 bits per heavy atom. The molecule has 1 amide bonds. The van der Waals surface area contributed by atoms with Gasteiger partial charge in [0.05, 0.1) is 6.04 Å². The highest BCUT2D eigenvalue weighted by atomic mass is 16.5. The van der Waals surface area contributed by atoms with Gasteiger partial charge in [-0.25, -0.2) is 0 Å². The first-order valence-electron chi connectivity index (χ1n) is 10.3. The predicted molar refractivity (Wildman–Crippen MR) is 110 cm³/mol. The molecule has 29 heavy (non-hydrogen) atoms. The highest BCUT2D eigenvalue weighted by Crippen LogP contribution is 2.40. The van der Waals surface area contributed by atoms with Gasteiger partial charge >= 0.3 is 0 Å². The van der Waals surface area contributed by atoms with Crippen molar-refractivity contribution >= 4 is 5.91 Å². The minimum absolute atomic E-state index is 0.0215. The van der Waals surface area contributed by atoms with Gasteiger partial charge in [0.15, 0.2) is 0 Å². The molecule has 0 saturated carbocycles. The maximum atomic E-state index is 12.7. The van der Waals surface area contributed by atoms with Gasteiger partial charge in [0.2, 0.25) is 0 Å². The number of carbonyl (C=O) groups excluding carboxylic acids is 1. The number of rotatable bonds is 7. The summed E-state index contributed by atoms with van der Waals surface area (Å²) >= 11 is 0. The second-order valence-electron chi connectivity index (χ2n) is 7.97. The minimum atomic E-state index is -0.132. The van der Waals surface area contributed by atoms with Gasteiger partial charge in [-0.3, -0.25) is 14.6 Å². The Bertz CT molecular complexity index is 898. The van der Waals surface area contributed by atoms with Gasteiger partial charge in [-0.15, -0.1) is 0 Å². The highest BCUT2D eigenvalue weighted by molar-refractivity contribution is 5.93. The van der Waals surface area contributed by atoms with Gasteiger partial charge in [0, 0.05) is 75.5 Å². The van der Waals surface area contributed by atoms with Crippen LogP contribution in [0.1, 0.15) is 40.9 Å². The molecule has 1 N–H and O–H groups in total. The van der Waals surface area contributed by atoms with Gasteiger partial charge in [0.25, 0.3) is 11.5 Å². The molecule has 0 radical (unpaired) electrons. The van der Waals surface area contributed by atoms with E-state index in [-0.39, 0.29) is 17.5 Å². The number of methoxy groups -OCH3 is 1. The van der Waals surface area contributed by atoms with Crippen molar-refractivity contribution in [2.75, 3.05) is 39.9 Å². The molecule has 3 atom stereocenters. The molecule has 7 heteroatoms. The number of amides is 1. The van der Waals surface area contributed by atoms with E-state index in [1.807, 2.05) is 10.6 Å². The largest absolute Gasteiger partial charge is 0.385 e. The third kappa shape index (κ3) is 4.26. The van der Waals surface area contributed by atoms with Crippen LogP contribution in [-0.2, 0) is 4.74 Å². The number of nitrogens with zero attached hydrogens (tertiary/aromatic N) is 3. The Morgan fingerprint density at radius 2 is 2.07 bits per heavy atom. The van der Waals surface area contributed by atoms with E-state index >= 15 is 0 Å². The zero-order valence-corrected chi connectivity index (χ0v) is 16.8. The second-order valence-corrected chi connectivity index (χ2v) is 7.97. The van der Waals surface area contributed by atoms with Crippen molar-refractivity contribution in [2.45, 2.75) is 24.8 Å². The molecule has 0 spiro atoms. The van der Waals surface area contributed by atoms with Crippen LogP contribution in [0, 0.1) is 5.92 Å². The number of nitrogens with one attached hydrogen (secondary N) is 1. The Labute approximate surface area is 170 Å². The van der Waals surface area contributed by atoms with Crippen LogP contribution in [0.15, 0.2) is 47.5 Å². The lowest BCUT2D eigenvalue weighted by molar-refractivity contribution is 0.0767. The van der Waals surface area contributed by atoms with Gasteiger partial charge in [-0.1, -0.05) is 6.07 Å². The van der Waals surface area contributed by atoms with E-state index in [1.54, 1.807) is 37.7 Å². The molecule has 2 aromatic rings. The normalized spacial score (nSPS) is 23.4. The van der Waals surface area contributed by atoms with Crippen molar-refractivity contribution in [1.29, 1.82) is 0 Å². The Morgan fingerprint density at radius 1 is 1.24 bits per heavy atom. The summed E-state index contributed by atoms with van der Waals surface area (Å²) in [6.45, 7) is 4.11. The zero-order chi connectivity index (χ0) is 20.2. The summed E-state index contributed by atoms with van der Waals surface area (Å²) in [6.07, 6.45) is 5.28. The average Bonchev–Trinajstić information content (AvgIpc) is 2.75. The van der Waals surface area contributed by atoms with E-state index in [9.17, 15) is 9.59 Å². The monoisotopic (exact) mass is 396 g/mol. The molecule has 2 aliphatic heterocycles. The van der Waals surface area contributed by atoms with E-state index in [0.717, 1.165) is 44.8 Å². The second kappa shape index (κ2) is 8.88. The summed E-state index contributed by atoms with van der Waals surface area (Å²) in [5.74, 6) is 0.562. The van der Waals surface area contributed by atoms with Gasteiger partial charge < -0.3 is 19.5 Å². The molecule has 0 aromatic carbocycles. The number of pyridine rings is 2. The Kier molecular flexibility index (Phi) is 6.06. The van der Waals surface area contributed by atoms with E-state index in [4.69, 9.17) is 4.74 Å². The quantitative estimate of drug-likeness (QED) is 0.721. The van der Waals surface area contributed by atoms with Crippen LogP contribution in [0.25, 0.3) is 0 Å². The molecule has 1 fully saturated rings. The third-order valence-corrected chi connectivity index (χ3v) is 6.11. The lowest BCUT2D eigenvalue weighted by Crippen LogP contribution is -2.52. The number of piperidine rings is 1. The fourth-order valence-electron chi connectivity index (χ4n) is 4.82. The molecule has 1 saturated heterocycles. The highest BCUT2D eigenvalue weighted by Gasteiger charge is 2.40. The summed E-state index contributed by atoms with van der Waals surface area (Å²) < 4.78 is 7.13. The van der Waals surface area contributed by atoms with Crippen LogP contribution in [0.2, 0.25) is 0 Å². The van der Waals surface area contributed by atoms with Crippen LogP contribution in [0.3, 0.4) is 0 Å². The van der Waals surface area contributed by atoms with Crippen LogP contribution in [-0.4, -0.2) is 60.3 Å². The molecule has 2 aliphatic rings. The smallest absolute Gasteiger partial charge is 0.251 e. The van der Waals surface area contributed by atoms with Crippen molar-refractivity contribution in [3.8, 4) is 0 Å². The fourth-order valence-corrected chi connectivity index (χ4v) is 4.82. The number of likely N-dealkylation sites (tertiary alicyclic amines) is 1. The third-order valence-electron chi connectivity index (χ3n) is 6.11. The first kappa shape index (κ1) is 19.8. The van der Waals surface area contributed by atoms with Gasteiger partial charge in [-0.2, -0.15) is 0 Å². The van der Waals surface area contributed by atoms with E-state index in [0.29, 0.717) is 23.9 Å². The number of fused-ring (bicyclic) bond motifs is 4.